The van der Waals surface area contributed by atoms with Gasteiger partial charge in [-0.3, -0.25) is 4.98 Å². The summed E-state index contributed by atoms with van der Waals surface area (Å²) in [7, 11) is 0. The van der Waals surface area contributed by atoms with E-state index < -0.39 is 0 Å². The lowest BCUT2D eigenvalue weighted by molar-refractivity contribution is 0.303. The molecular formula is C16H18N2O. The summed E-state index contributed by atoms with van der Waals surface area (Å²) in [5.74, 6) is 0.812. The van der Waals surface area contributed by atoms with Crippen molar-refractivity contribution in [1.29, 1.82) is 0 Å². The van der Waals surface area contributed by atoms with Crippen LogP contribution in [0.5, 0.6) is 5.75 Å². The minimum absolute atomic E-state index is 0.591. The molecule has 2 aromatic rings. The molecule has 0 aliphatic heterocycles. The summed E-state index contributed by atoms with van der Waals surface area (Å²) in [4.78, 5) is 4.05. The van der Waals surface area contributed by atoms with Gasteiger partial charge in [-0.05, 0) is 36.1 Å². The Morgan fingerprint density at radius 1 is 1.11 bits per heavy atom. The molecule has 19 heavy (non-hydrogen) atoms. The van der Waals surface area contributed by atoms with Gasteiger partial charge < -0.3 is 10.1 Å². The Morgan fingerprint density at radius 3 is 2.68 bits per heavy atom. The zero-order valence-electron chi connectivity index (χ0n) is 10.9. The normalized spacial score (nSPS) is 14.3. The third-order valence-electron chi connectivity index (χ3n) is 3.31. The molecule has 1 fully saturated rings. The molecule has 1 aliphatic carbocycles. The van der Waals surface area contributed by atoms with Crippen LogP contribution in [-0.2, 0) is 13.2 Å². The topological polar surface area (TPSA) is 34.1 Å². The molecule has 0 amide bonds. The van der Waals surface area contributed by atoms with Gasteiger partial charge in [-0.15, -0.1) is 0 Å². The molecule has 3 rings (SSSR count). The maximum Gasteiger partial charge on any atom is 0.138 e. The molecule has 0 radical (unpaired) electrons. The van der Waals surface area contributed by atoms with Crippen molar-refractivity contribution in [3.05, 3.63) is 59.9 Å². The molecule has 1 N–H and O–H groups in total. The van der Waals surface area contributed by atoms with Crippen LogP contribution < -0.4 is 10.1 Å². The number of ether oxygens (including phenoxy) is 1. The second-order valence-corrected chi connectivity index (χ2v) is 4.90. The summed E-state index contributed by atoms with van der Waals surface area (Å²) < 4.78 is 5.76. The Labute approximate surface area is 113 Å². The molecule has 0 saturated heterocycles. The maximum atomic E-state index is 5.76. The van der Waals surface area contributed by atoms with E-state index in [4.69, 9.17) is 4.74 Å². The van der Waals surface area contributed by atoms with Gasteiger partial charge in [0.25, 0.3) is 0 Å². The number of aromatic nitrogens is 1. The van der Waals surface area contributed by atoms with Crippen molar-refractivity contribution in [2.24, 2.45) is 0 Å². The molecule has 0 spiro atoms. The van der Waals surface area contributed by atoms with E-state index in [0.29, 0.717) is 6.61 Å². The summed E-state index contributed by atoms with van der Waals surface area (Å²) in [5.41, 5.74) is 2.55. The minimum Gasteiger partial charge on any atom is -0.487 e. The van der Waals surface area contributed by atoms with Gasteiger partial charge in [-0.1, -0.05) is 24.3 Å². The third-order valence-corrected chi connectivity index (χ3v) is 3.31. The first-order chi connectivity index (χ1) is 9.42. The zero-order valence-corrected chi connectivity index (χ0v) is 10.9. The van der Waals surface area contributed by atoms with Crippen molar-refractivity contribution in [2.75, 3.05) is 0 Å². The Hall–Kier alpha value is -1.87. The second kappa shape index (κ2) is 5.85. The highest BCUT2D eigenvalue weighted by Crippen LogP contribution is 2.20. The smallest absolute Gasteiger partial charge is 0.138 e. The van der Waals surface area contributed by atoms with E-state index in [-0.39, 0.29) is 0 Å². The molecule has 1 aromatic heterocycles. The lowest BCUT2D eigenvalue weighted by Gasteiger charge is -2.11. The molecule has 98 valence electrons. The Morgan fingerprint density at radius 2 is 1.95 bits per heavy atom. The van der Waals surface area contributed by atoms with Crippen LogP contribution in [0.4, 0.5) is 0 Å². The predicted molar refractivity (Wildman–Crippen MR) is 74.9 cm³/mol. The van der Waals surface area contributed by atoms with Gasteiger partial charge in [-0.25, -0.2) is 0 Å². The van der Waals surface area contributed by atoms with Gasteiger partial charge in [0, 0.05) is 18.8 Å². The first-order valence-electron chi connectivity index (χ1n) is 6.75. The molecule has 0 atom stereocenters. The van der Waals surface area contributed by atoms with Crippen molar-refractivity contribution in [3.63, 3.8) is 0 Å². The first kappa shape index (κ1) is 12.2. The number of nitrogens with zero attached hydrogens (tertiary/aromatic N) is 1. The van der Waals surface area contributed by atoms with Crippen LogP contribution >= 0.6 is 0 Å². The standard InChI is InChI=1S/C16H18N2O/c1-2-5-14(12-19-16-6-3-9-17-11-16)13(4-1)10-18-15-7-8-15/h1-6,9,11,15,18H,7-8,10,12H2. The maximum absolute atomic E-state index is 5.76. The van der Waals surface area contributed by atoms with Gasteiger partial charge >= 0.3 is 0 Å². The van der Waals surface area contributed by atoms with Gasteiger partial charge in [-0.2, -0.15) is 0 Å². The fraction of sp³-hybridized carbons (Fsp3) is 0.312. The summed E-state index contributed by atoms with van der Waals surface area (Å²) in [5, 5.41) is 3.54. The molecule has 1 aromatic carbocycles. The number of benzene rings is 1. The zero-order chi connectivity index (χ0) is 12.9. The first-order valence-corrected chi connectivity index (χ1v) is 6.75. The fourth-order valence-corrected chi connectivity index (χ4v) is 2.01. The van der Waals surface area contributed by atoms with Gasteiger partial charge in [0.2, 0.25) is 0 Å². The van der Waals surface area contributed by atoms with E-state index in [1.807, 2.05) is 12.1 Å². The number of rotatable bonds is 6. The van der Waals surface area contributed by atoms with Crippen molar-refractivity contribution in [1.82, 2.24) is 10.3 Å². The van der Waals surface area contributed by atoms with Crippen molar-refractivity contribution >= 4 is 0 Å². The monoisotopic (exact) mass is 254 g/mol. The molecule has 3 heteroatoms. The lowest BCUT2D eigenvalue weighted by atomic mass is 10.1. The number of nitrogens with one attached hydrogen (secondary N) is 1. The molecule has 1 aliphatic rings. The van der Waals surface area contributed by atoms with E-state index in [2.05, 4.69) is 34.6 Å². The van der Waals surface area contributed by atoms with Crippen LogP contribution in [0.15, 0.2) is 48.8 Å². The molecule has 0 unspecified atom stereocenters. The lowest BCUT2D eigenvalue weighted by Crippen LogP contribution is -2.16. The quantitative estimate of drug-likeness (QED) is 0.860. The van der Waals surface area contributed by atoms with Crippen LogP contribution in [0.25, 0.3) is 0 Å². The third kappa shape index (κ3) is 3.55. The minimum atomic E-state index is 0.591. The molecule has 3 nitrogen and oxygen atoms in total. The van der Waals surface area contributed by atoms with Crippen LogP contribution in [0.2, 0.25) is 0 Å². The Kier molecular flexibility index (Phi) is 3.75. The fourth-order valence-electron chi connectivity index (χ4n) is 2.01. The van der Waals surface area contributed by atoms with Gasteiger partial charge in [0.1, 0.15) is 12.4 Å². The molecule has 1 saturated carbocycles. The molecule has 0 bridgehead atoms. The van der Waals surface area contributed by atoms with Crippen molar-refractivity contribution in [3.8, 4) is 5.75 Å². The van der Waals surface area contributed by atoms with Crippen LogP contribution in [0.3, 0.4) is 0 Å². The molecular weight excluding hydrogens is 236 g/mol. The van der Waals surface area contributed by atoms with Crippen molar-refractivity contribution < 1.29 is 4.74 Å². The van der Waals surface area contributed by atoms with E-state index in [1.165, 1.54) is 24.0 Å². The largest absolute Gasteiger partial charge is 0.487 e. The van der Waals surface area contributed by atoms with Gasteiger partial charge in [0.15, 0.2) is 0 Å². The summed E-state index contributed by atoms with van der Waals surface area (Å²) in [6.07, 6.45) is 6.12. The highest BCUT2D eigenvalue weighted by molar-refractivity contribution is 5.27. The SMILES string of the molecule is c1cncc(OCc2ccccc2CNC2CC2)c1. The van der Waals surface area contributed by atoms with E-state index >= 15 is 0 Å². The average molecular weight is 254 g/mol. The van der Waals surface area contributed by atoms with E-state index in [1.54, 1.807) is 12.4 Å². The Bertz CT molecular complexity index is 523. The van der Waals surface area contributed by atoms with E-state index in [9.17, 15) is 0 Å². The van der Waals surface area contributed by atoms with E-state index in [0.717, 1.165) is 18.3 Å². The predicted octanol–water partition coefficient (Wildman–Crippen LogP) is 2.91. The summed E-state index contributed by atoms with van der Waals surface area (Å²) in [6.45, 7) is 1.52. The highest BCUT2D eigenvalue weighted by atomic mass is 16.5. The average Bonchev–Trinajstić information content (AvgIpc) is 3.29. The Balaban J connectivity index is 1.62. The second-order valence-electron chi connectivity index (χ2n) is 4.90. The van der Waals surface area contributed by atoms with Crippen LogP contribution in [-0.4, -0.2) is 11.0 Å². The summed E-state index contributed by atoms with van der Waals surface area (Å²) >= 11 is 0. The number of hydrogen-bond acceptors (Lipinski definition) is 3. The van der Waals surface area contributed by atoms with Crippen LogP contribution in [0, 0.1) is 0 Å². The van der Waals surface area contributed by atoms with Gasteiger partial charge in [0.05, 0.1) is 6.20 Å². The van der Waals surface area contributed by atoms with Crippen molar-refractivity contribution in [2.45, 2.75) is 32.0 Å². The summed E-state index contributed by atoms with van der Waals surface area (Å²) in [6, 6.07) is 13.0. The number of pyridine rings is 1. The highest BCUT2D eigenvalue weighted by Gasteiger charge is 2.20. The van der Waals surface area contributed by atoms with Crippen LogP contribution in [0.1, 0.15) is 24.0 Å². The number of hydrogen-bond donors (Lipinski definition) is 1. The molecule has 1 heterocycles.